The molecule has 2 aromatic carbocycles. The van der Waals surface area contributed by atoms with E-state index in [1.165, 1.54) is 16.6 Å². The summed E-state index contributed by atoms with van der Waals surface area (Å²) in [6, 6.07) is 13.2. The number of rotatable bonds is 16. The third-order valence-electron chi connectivity index (χ3n) is 8.57. The lowest BCUT2D eigenvalue weighted by Gasteiger charge is -2.31. The first kappa shape index (κ1) is 35.5. The van der Waals surface area contributed by atoms with Gasteiger partial charge in [-0.15, -0.1) is 0 Å². The molecule has 1 aromatic heterocycles. The summed E-state index contributed by atoms with van der Waals surface area (Å²) in [5.74, 6) is 0.738. The summed E-state index contributed by atoms with van der Waals surface area (Å²) < 4.78 is 64.7. The van der Waals surface area contributed by atoms with Crippen LogP contribution in [0.4, 0.5) is 4.79 Å². The second kappa shape index (κ2) is 16.1. The van der Waals surface area contributed by atoms with Gasteiger partial charge in [0.25, 0.3) is 0 Å². The molecule has 2 fully saturated rings. The van der Waals surface area contributed by atoms with E-state index in [1.54, 1.807) is 12.1 Å². The highest BCUT2D eigenvalue weighted by Crippen LogP contribution is 2.33. The van der Waals surface area contributed by atoms with Crippen LogP contribution in [-0.2, 0) is 47.2 Å². The number of ether oxygens (including phenoxy) is 3. The average Bonchev–Trinajstić information content (AvgIpc) is 3.77. The molecule has 3 aromatic rings. The van der Waals surface area contributed by atoms with Gasteiger partial charge in [-0.1, -0.05) is 57.5 Å². The second-order valence-electron chi connectivity index (χ2n) is 12.8. The van der Waals surface area contributed by atoms with Crippen LogP contribution in [0.15, 0.2) is 64.1 Å². The topological polar surface area (TPSA) is 145 Å². The van der Waals surface area contributed by atoms with E-state index in [4.69, 9.17) is 18.6 Å². The molecule has 0 saturated carbocycles. The Kier molecular flexibility index (Phi) is 12.1. The minimum Gasteiger partial charge on any atom is -0.464 e. The Balaban J connectivity index is 1.35. The number of carbonyl (C=O) groups excluding carboxylic acids is 1. The van der Waals surface area contributed by atoms with Gasteiger partial charge in [0.1, 0.15) is 11.7 Å². The van der Waals surface area contributed by atoms with Crippen LogP contribution in [0.5, 0.6) is 0 Å². The minimum absolute atomic E-state index is 0.0430. The number of aliphatic hydroxyl groups is 1. The van der Waals surface area contributed by atoms with E-state index in [0.29, 0.717) is 28.9 Å². The number of sulfonamides is 1. The van der Waals surface area contributed by atoms with Crippen LogP contribution in [0.1, 0.15) is 51.2 Å². The Morgan fingerprint density at radius 2 is 1.94 bits per heavy atom. The highest BCUT2D eigenvalue weighted by molar-refractivity contribution is 7.89. The number of carbonyl (C=O) groups is 1. The molecule has 0 spiro atoms. The lowest BCUT2D eigenvalue weighted by Crippen LogP contribution is -2.51. The van der Waals surface area contributed by atoms with Crippen LogP contribution in [0, 0.1) is 11.8 Å². The summed E-state index contributed by atoms with van der Waals surface area (Å²) in [7, 11) is -5.20. The van der Waals surface area contributed by atoms with Crippen molar-refractivity contribution in [2.24, 2.45) is 11.8 Å². The molecular formula is C34H46N2O9S2. The third kappa shape index (κ3) is 9.01. The van der Waals surface area contributed by atoms with Crippen molar-refractivity contribution in [3.8, 4) is 0 Å². The molecule has 3 heterocycles. The maximum Gasteiger partial charge on any atom is 0.407 e. The Labute approximate surface area is 279 Å². The molecule has 0 bridgehead atoms. The van der Waals surface area contributed by atoms with Gasteiger partial charge in [0.05, 0.1) is 48.2 Å². The molecule has 47 heavy (non-hydrogen) atoms. The summed E-state index contributed by atoms with van der Waals surface area (Å²) in [4.78, 5) is 13.2. The Morgan fingerprint density at radius 1 is 1.15 bits per heavy atom. The quantitative estimate of drug-likeness (QED) is 0.221. The van der Waals surface area contributed by atoms with Crippen molar-refractivity contribution >= 4 is 37.9 Å². The largest absolute Gasteiger partial charge is 0.464 e. The molecule has 0 aliphatic carbocycles. The number of hydrogen-bond acceptors (Lipinski definition) is 9. The molecule has 5 rings (SSSR count). The van der Waals surface area contributed by atoms with Crippen LogP contribution in [0.2, 0.25) is 0 Å². The number of fused-ring (bicyclic) bond motifs is 2. The van der Waals surface area contributed by atoms with Crippen LogP contribution in [0.3, 0.4) is 0 Å². The molecule has 13 heteroatoms. The Bertz CT molecular complexity index is 1610. The fourth-order valence-corrected chi connectivity index (χ4v) is 9.04. The minimum atomic E-state index is -4.10. The summed E-state index contributed by atoms with van der Waals surface area (Å²) in [5, 5.41) is 15.0. The molecule has 1 amide bonds. The first-order valence-corrected chi connectivity index (χ1v) is 19.3. The lowest BCUT2D eigenvalue weighted by molar-refractivity contribution is -0.0907. The van der Waals surface area contributed by atoms with E-state index in [1.807, 2.05) is 51.1 Å². The smallest absolute Gasteiger partial charge is 0.407 e. The summed E-state index contributed by atoms with van der Waals surface area (Å²) in [6.07, 6.45) is 1.47. The van der Waals surface area contributed by atoms with Gasteiger partial charge < -0.3 is 29.1 Å². The van der Waals surface area contributed by atoms with Crippen LogP contribution >= 0.6 is 0 Å². The molecule has 4 unspecified atom stereocenters. The number of nitrogens with zero attached hydrogens (tertiary/aromatic N) is 1. The van der Waals surface area contributed by atoms with Gasteiger partial charge in [-0.2, -0.15) is 4.31 Å². The van der Waals surface area contributed by atoms with Crippen LogP contribution < -0.4 is 5.32 Å². The Hall–Kier alpha value is -2.81. The van der Waals surface area contributed by atoms with Crippen LogP contribution in [-0.4, -0.2) is 84.7 Å². The predicted molar refractivity (Wildman–Crippen MR) is 179 cm³/mol. The number of alkyl carbamates (subject to hydrolysis) is 1. The SMILES string of the molecule is CCCCS(=O)Cc1coc2ccc(S(=O)(=O)N(CC(C)C)C[C@@H](O)[C@H](Cc3ccccc3)NC(=O)OC3COC4OCCC34)cc12. The number of aliphatic hydroxyl groups excluding tert-OH is 1. The van der Waals surface area contributed by atoms with Crippen molar-refractivity contribution in [3.05, 3.63) is 65.9 Å². The number of nitrogens with one attached hydrogen (secondary N) is 1. The van der Waals surface area contributed by atoms with E-state index in [9.17, 15) is 22.5 Å². The standard InChI is InChI=1S/C34H46N2O9S2/c1-4-5-15-46(39)22-25-20-43-31-12-11-26(17-28(25)31)47(40,41)36(18-23(2)3)19-30(37)29(16-24-9-7-6-8-10-24)35-34(38)45-32-21-44-33-27(32)13-14-42-33/h6-12,17,20,23,27,29-30,32-33,37H,4-5,13-16,18-19,21-22H2,1-3H3,(H,35,38)/t27?,29-,30+,32?,33?,46?/m0/s1. The van der Waals surface area contributed by atoms with Crippen molar-refractivity contribution in [2.75, 3.05) is 32.1 Å². The maximum absolute atomic E-state index is 14.2. The molecule has 2 aliphatic heterocycles. The maximum atomic E-state index is 14.2. The van der Waals surface area contributed by atoms with Crippen molar-refractivity contribution in [3.63, 3.8) is 0 Å². The molecule has 2 aliphatic rings. The van der Waals surface area contributed by atoms with Gasteiger partial charge in [-0.05, 0) is 48.9 Å². The van der Waals surface area contributed by atoms with Gasteiger partial charge in [-0.3, -0.25) is 4.21 Å². The zero-order valence-electron chi connectivity index (χ0n) is 27.2. The van der Waals surface area contributed by atoms with Crippen LogP contribution in [0.25, 0.3) is 11.0 Å². The van der Waals surface area contributed by atoms with E-state index in [-0.39, 0.29) is 54.9 Å². The van der Waals surface area contributed by atoms with Crippen molar-refractivity contribution in [1.82, 2.24) is 9.62 Å². The zero-order valence-corrected chi connectivity index (χ0v) is 28.8. The van der Waals surface area contributed by atoms with E-state index in [0.717, 1.165) is 24.8 Å². The van der Waals surface area contributed by atoms with Gasteiger partial charge in [0.2, 0.25) is 10.0 Å². The van der Waals surface area contributed by atoms with E-state index >= 15 is 0 Å². The monoisotopic (exact) mass is 690 g/mol. The van der Waals surface area contributed by atoms with Gasteiger partial charge in [-0.25, -0.2) is 13.2 Å². The van der Waals surface area contributed by atoms with Gasteiger partial charge in [0, 0.05) is 40.6 Å². The lowest BCUT2D eigenvalue weighted by atomic mass is 10.0. The normalized spacial score (nSPS) is 21.6. The Morgan fingerprint density at radius 3 is 2.68 bits per heavy atom. The zero-order chi connectivity index (χ0) is 33.6. The molecule has 0 radical (unpaired) electrons. The third-order valence-corrected chi connectivity index (χ3v) is 11.8. The molecule has 258 valence electrons. The molecule has 2 N–H and O–H groups in total. The fraction of sp³-hybridized carbons (Fsp3) is 0.559. The first-order chi connectivity index (χ1) is 22.5. The average molecular weight is 691 g/mol. The number of amides is 1. The van der Waals surface area contributed by atoms with Crippen molar-refractivity contribution < 1.29 is 41.2 Å². The summed E-state index contributed by atoms with van der Waals surface area (Å²) in [5.41, 5.74) is 2.06. The first-order valence-electron chi connectivity index (χ1n) is 16.3. The number of unbranched alkanes of at least 4 members (excludes halogenated alkanes) is 1. The molecule has 2 saturated heterocycles. The molecule has 6 atom stereocenters. The number of furan rings is 1. The number of hydrogen-bond donors (Lipinski definition) is 2. The molecular weight excluding hydrogens is 645 g/mol. The van der Waals surface area contributed by atoms with E-state index < -0.39 is 45.2 Å². The summed E-state index contributed by atoms with van der Waals surface area (Å²) >= 11 is 0. The summed E-state index contributed by atoms with van der Waals surface area (Å²) in [6.45, 7) is 6.49. The van der Waals surface area contributed by atoms with Crippen molar-refractivity contribution in [1.29, 1.82) is 0 Å². The van der Waals surface area contributed by atoms with Crippen molar-refractivity contribution in [2.45, 2.75) is 81.6 Å². The molecule has 11 nitrogen and oxygen atoms in total. The predicted octanol–water partition coefficient (Wildman–Crippen LogP) is 4.59. The van der Waals surface area contributed by atoms with Gasteiger partial charge in [0.15, 0.2) is 6.29 Å². The number of benzene rings is 2. The second-order valence-corrected chi connectivity index (χ2v) is 16.3. The highest BCUT2D eigenvalue weighted by Gasteiger charge is 2.44. The highest BCUT2D eigenvalue weighted by atomic mass is 32.2. The van der Waals surface area contributed by atoms with E-state index in [2.05, 4.69) is 5.32 Å². The van der Waals surface area contributed by atoms with Gasteiger partial charge >= 0.3 is 6.09 Å². The fourth-order valence-electron chi connectivity index (χ4n) is 6.07.